The van der Waals surface area contributed by atoms with Gasteiger partial charge in [-0.05, 0) is 79.9 Å². The highest BCUT2D eigenvalue weighted by molar-refractivity contribution is 8.00. The van der Waals surface area contributed by atoms with Gasteiger partial charge in [0, 0.05) is 45.7 Å². The zero-order valence-corrected chi connectivity index (χ0v) is 21.0. The fraction of sp³-hybridized carbons (Fsp3) is 0.360. The van der Waals surface area contributed by atoms with Crippen molar-refractivity contribution in [3.05, 3.63) is 64.8 Å². The van der Waals surface area contributed by atoms with Crippen molar-refractivity contribution in [3.8, 4) is 0 Å². The van der Waals surface area contributed by atoms with Gasteiger partial charge in [-0.2, -0.15) is 26.3 Å². The van der Waals surface area contributed by atoms with E-state index < -0.39 is 23.3 Å². The number of pyridine rings is 1. The number of halogens is 7. The molecule has 1 aliphatic carbocycles. The van der Waals surface area contributed by atoms with E-state index >= 15 is 0 Å². The van der Waals surface area contributed by atoms with E-state index in [4.69, 9.17) is 11.6 Å². The lowest BCUT2D eigenvalue weighted by molar-refractivity contribution is -0.140. The molecule has 0 saturated heterocycles. The maximum absolute atomic E-state index is 13.5. The second kappa shape index (κ2) is 10.6. The maximum atomic E-state index is 13.5. The Morgan fingerprint density at radius 2 is 1.73 bits per heavy atom. The number of fused-ring (bicyclic) bond motifs is 1. The third-order valence-corrected chi connectivity index (χ3v) is 7.28. The van der Waals surface area contributed by atoms with Gasteiger partial charge in [-0.15, -0.1) is 0 Å². The van der Waals surface area contributed by atoms with Crippen LogP contribution in [0.3, 0.4) is 0 Å². The average molecular weight is 562 g/mol. The van der Waals surface area contributed by atoms with Crippen molar-refractivity contribution in [2.24, 2.45) is 0 Å². The van der Waals surface area contributed by atoms with Gasteiger partial charge in [0.05, 0.1) is 5.52 Å². The SMILES string of the molecule is CN(c1cc(C(F)(F)F)nc2ccc(Cl)cc12)C1CCC(NC(=O)c2cccc(SC(F)(F)F)c2)CC1. The van der Waals surface area contributed by atoms with Crippen molar-refractivity contribution in [1.82, 2.24) is 10.3 Å². The highest BCUT2D eigenvalue weighted by Gasteiger charge is 2.35. The Morgan fingerprint density at radius 3 is 2.38 bits per heavy atom. The molecular weight excluding hydrogens is 540 g/mol. The van der Waals surface area contributed by atoms with Crippen LogP contribution in [0.4, 0.5) is 32.0 Å². The molecule has 37 heavy (non-hydrogen) atoms. The molecule has 3 aromatic rings. The van der Waals surface area contributed by atoms with Crippen LogP contribution in [0.5, 0.6) is 0 Å². The minimum atomic E-state index is -4.61. The predicted octanol–water partition coefficient (Wildman–Crippen LogP) is 7.70. The Labute approximate surface area is 218 Å². The lowest BCUT2D eigenvalue weighted by Crippen LogP contribution is -2.43. The molecule has 198 valence electrons. The molecule has 0 spiro atoms. The maximum Gasteiger partial charge on any atom is 0.446 e. The Hall–Kier alpha value is -2.66. The van der Waals surface area contributed by atoms with E-state index in [9.17, 15) is 31.1 Å². The zero-order valence-electron chi connectivity index (χ0n) is 19.5. The summed E-state index contributed by atoms with van der Waals surface area (Å²) >= 11 is 5.82. The zero-order chi connectivity index (χ0) is 27.0. The first-order valence-electron chi connectivity index (χ1n) is 11.4. The molecule has 1 amide bonds. The first kappa shape index (κ1) is 27.4. The van der Waals surface area contributed by atoms with E-state index in [1.807, 2.05) is 0 Å². The normalized spacial score (nSPS) is 18.6. The number of alkyl halides is 6. The molecule has 12 heteroatoms. The molecule has 4 rings (SSSR count). The fourth-order valence-electron chi connectivity index (χ4n) is 4.52. The van der Waals surface area contributed by atoms with Crippen LogP contribution in [-0.2, 0) is 6.18 Å². The van der Waals surface area contributed by atoms with Crippen molar-refractivity contribution < 1.29 is 31.1 Å². The highest BCUT2D eigenvalue weighted by Crippen LogP contribution is 2.38. The van der Waals surface area contributed by atoms with E-state index in [0.29, 0.717) is 41.8 Å². The molecular formula is C25H22ClF6N3OS. The Bertz CT molecular complexity index is 1290. The lowest BCUT2D eigenvalue weighted by Gasteiger charge is -2.37. The van der Waals surface area contributed by atoms with Crippen molar-refractivity contribution in [2.45, 2.75) is 54.3 Å². The molecule has 2 aromatic carbocycles. The molecule has 0 atom stereocenters. The number of carbonyl (C=O) groups is 1. The second-order valence-electron chi connectivity index (χ2n) is 8.85. The molecule has 0 bridgehead atoms. The Balaban J connectivity index is 1.45. The number of thioether (sulfide) groups is 1. The number of benzene rings is 2. The number of hydrogen-bond acceptors (Lipinski definition) is 4. The second-order valence-corrected chi connectivity index (χ2v) is 10.4. The minimum absolute atomic E-state index is 0.0756. The molecule has 1 fully saturated rings. The van der Waals surface area contributed by atoms with Crippen LogP contribution in [0, 0.1) is 0 Å². The number of rotatable bonds is 5. The van der Waals surface area contributed by atoms with Gasteiger partial charge in [-0.1, -0.05) is 17.7 Å². The Kier molecular flexibility index (Phi) is 7.85. The molecule has 1 saturated carbocycles. The number of anilines is 1. The van der Waals surface area contributed by atoms with Crippen molar-refractivity contribution in [2.75, 3.05) is 11.9 Å². The first-order chi connectivity index (χ1) is 17.3. The molecule has 1 heterocycles. The molecule has 4 nitrogen and oxygen atoms in total. The van der Waals surface area contributed by atoms with Crippen LogP contribution >= 0.6 is 23.4 Å². The summed E-state index contributed by atoms with van der Waals surface area (Å²) in [6.45, 7) is 0. The average Bonchev–Trinajstić information content (AvgIpc) is 2.82. The third kappa shape index (κ3) is 6.81. The smallest absolute Gasteiger partial charge is 0.371 e. The fourth-order valence-corrected chi connectivity index (χ4v) is 5.30. The number of amides is 1. The summed E-state index contributed by atoms with van der Waals surface area (Å²) in [5, 5.41) is 3.76. The van der Waals surface area contributed by atoms with Crippen LogP contribution in [0.2, 0.25) is 5.02 Å². The lowest BCUT2D eigenvalue weighted by atomic mass is 9.89. The largest absolute Gasteiger partial charge is 0.446 e. The van der Waals surface area contributed by atoms with E-state index in [0.717, 1.165) is 6.07 Å². The van der Waals surface area contributed by atoms with E-state index in [-0.39, 0.29) is 39.8 Å². The number of aromatic nitrogens is 1. The first-order valence-corrected chi connectivity index (χ1v) is 12.6. The summed E-state index contributed by atoms with van der Waals surface area (Å²) < 4.78 is 78.4. The van der Waals surface area contributed by atoms with Gasteiger partial charge in [-0.25, -0.2) is 4.98 Å². The molecule has 1 aliphatic rings. The summed E-state index contributed by atoms with van der Waals surface area (Å²) in [6, 6.07) is 10.6. The van der Waals surface area contributed by atoms with E-state index in [2.05, 4.69) is 10.3 Å². The minimum Gasteiger partial charge on any atom is -0.371 e. The summed E-state index contributed by atoms with van der Waals surface area (Å²) in [4.78, 5) is 18.1. The molecule has 0 unspecified atom stereocenters. The van der Waals surface area contributed by atoms with Crippen LogP contribution in [-0.4, -0.2) is 35.5 Å². The monoisotopic (exact) mass is 561 g/mol. The summed E-state index contributed by atoms with van der Waals surface area (Å²) in [6.07, 6.45) is -2.29. The predicted molar refractivity (Wildman–Crippen MR) is 132 cm³/mol. The highest BCUT2D eigenvalue weighted by atomic mass is 35.5. The van der Waals surface area contributed by atoms with E-state index in [1.54, 1.807) is 18.0 Å². The number of carbonyl (C=O) groups excluding carboxylic acids is 1. The van der Waals surface area contributed by atoms with Gasteiger partial charge in [-0.3, -0.25) is 4.79 Å². The quantitative estimate of drug-likeness (QED) is 0.256. The topological polar surface area (TPSA) is 45.2 Å². The summed E-state index contributed by atoms with van der Waals surface area (Å²) in [7, 11) is 1.73. The van der Waals surface area contributed by atoms with Gasteiger partial charge in [0.1, 0.15) is 5.69 Å². The van der Waals surface area contributed by atoms with Gasteiger partial charge in [0.2, 0.25) is 0 Å². The van der Waals surface area contributed by atoms with Gasteiger partial charge >= 0.3 is 11.7 Å². The van der Waals surface area contributed by atoms with Crippen LogP contribution in [0.1, 0.15) is 41.7 Å². The Morgan fingerprint density at radius 1 is 1.03 bits per heavy atom. The van der Waals surface area contributed by atoms with Crippen molar-refractivity contribution in [3.63, 3.8) is 0 Å². The number of nitrogens with zero attached hydrogens (tertiary/aromatic N) is 2. The van der Waals surface area contributed by atoms with Crippen molar-refractivity contribution >= 4 is 45.9 Å². The van der Waals surface area contributed by atoms with Crippen LogP contribution in [0.25, 0.3) is 10.9 Å². The van der Waals surface area contributed by atoms with Crippen LogP contribution in [0.15, 0.2) is 53.4 Å². The number of nitrogens with one attached hydrogen (secondary N) is 1. The summed E-state index contributed by atoms with van der Waals surface area (Å²) in [5.74, 6) is -0.467. The summed E-state index contributed by atoms with van der Waals surface area (Å²) in [5.41, 5.74) is -4.75. The standard InChI is InChI=1S/C25H22ClF6N3OS/c1-35(21-13-22(24(27,28)29)34-20-10-5-15(26)12-19(20)21)17-8-6-16(7-9-17)33-23(36)14-3-2-4-18(11-14)37-25(30,31)32/h2-5,10-13,16-17H,6-9H2,1H3,(H,33,36). The van der Waals surface area contributed by atoms with Gasteiger partial charge < -0.3 is 10.2 Å². The number of hydrogen-bond donors (Lipinski definition) is 1. The van der Waals surface area contributed by atoms with E-state index in [1.165, 1.54) is 36.4 Å². The third-order valence-electron chi connectivity index (χ3n) is 6.33. The van der Waals surface area contributed by atoms with Gasteiger partial charge in [0.15, 0.2) is 0 Å². The van der Waals surface area contributed by atoms with Crippen LogP contribution < -0.4 is 10.2 Å². The molecule has 1 N–H and O–H groups in total. The van der Waals surface area contributed by atoms with Crippen molar-refractivity contribution in [1.29, 1.82) is 0 Å². The molecule has 0 aliphatic heterocycles. The van der Waals surface area contributed by atoms with Gasteiger partial charge in [0.25, 0.3) is 5.91 Å². The molecule has 0 radical (unpaired) electrons. The molecule has 1 aromatic heterocycles.